The fraction of sp³-hybridized carbons (Fsp3) is 0.308. The molecule has 106 valence electrons. The third-order valence-electron chi connectivity index (χ3n) is 2.70. The Morgan fingerprint density at radius 1 is 1.50 bits per heavy atom. The van der Waals surface area contributed by atoms with E-state index in [1.165, 1.54) is 25.1 Å². The number of aryl methyl sites for hydroxylation is 1. The number of nitrogens with zero attached hydrogens (tertiary/aromatic N) is 2. The molecule has 7 heteroatoms. The number of benzene rings is 1. The molecule has 0 saturated carbocycles. The number of aliphatic hydroxyl groups excluding tert-OH is 1. The Morgan fingerprint density at radius 2 is 2.25 bits per heavy atom. The van der Waals surface area contributed by atoms with Crippen LogP contribution in [-0.2, 0) is 6.61 Å². The van der Waals surface area contributed by atoms with Crippen LogP contribution in [-0.4, -0.2) is 15.2 Å². The van der Waals surface area contributed by atoms with Crippen LogP contribution in [0.4, 0.5) is 5.69 Å². The molecule has 0 aliphatic rings. The van der Waals surface area contributed by atoms with Crippen molar-refractivity contribution in [2.45, 2.75) is 26.6 Å². The molecule has 7 nitrogen and oxygen atoms in total. The van der Waals surface area contributed by atoms with Crippen LogP contribution in [0.1, 0.15) is 30.0 Å². The minimum absolute atomic E-state index is 0.0937. The van der Waals surface area contributed by atoms with Gasteiger partial charge in [-0.3, -0.25) is 10.1 Å². The van der Waals surface area contributed by atoms with Crippen molar-refractivity contribution < 1.29 is 19.3 Å². The number of aromatic nitrogens is 1. The summed E-state index contributed by atoms with van der Waals surface area (Å²) in [5.74, 6) is 0.914. The number of aliphatic hydroxyl groups is 1. The third kappa shape index (κ3) is 3.12. The van der Waals surface area contributed by atoms with Crippen LogP contribution in [0.15, 0.2) is 28.8 Å². The molecule has 1 N–H and O–H groups in total. The van der Waals surface area contributed by atoms with Gasteiger partial charge in [0.05, 0.1) is 16.7 Å². The SMILES string of the molecule is Cc1cc(COc2ccc([N+](=O)[O-])cc2[C@H](C)O)on1. The molecule has 2 rings (SSSR count). The van der Waals surface area contributed by atoms with Crippen molar-refractivity contribution in [3.8, 4) is 5.75 Å². The molecule has 1 aromatic heterocycles. The summed E-state index contributed by atoms with van der Waals surface area (Å²) in [6, 6.07) is 5.81. The van der Waals surface area contributed by atoms with E-state index in [0.717, 1.165) is 5.69 Å². The minimum atomic E-state index is -0.874. The van der Waals surface area contributed by atoms with Crippen LogP contribution in [0.3, 0.4) is 0 Å². The number of non-ortho nitro benzene ring substituents is 1. The van der Waals surface area contributed by atoms with Gasteiger partial charge in [0.25, 0.3) is 5.69 Å². The lowest BCUT2D eigenvalue weighted by atomic mass is 10.1. The molecule has 0 spiro atoms. The van der Waals surface area contributed by atoms with Crippen LogP contribution < -0.4 is 4.74 Å². The van der Waals surface area contributed by atoms with E-state index in [2.05, 4.69) is 5.16 Å². The van der Waals surface area contributed by atoms with Gasteiger partial charge in [0.15, 0.2) is 5.76 Å². The van der Waals surface area contributed by atoms with Crippen molar-refractivity contribution in [1.29, 1.82) is 0 Å². The number of hydrogen-bond donors (Lipinski definition) is 1. The quantitative estimate of drug-likeness (QED) is 0.666. The van der Waals surface area contributed by atoms with Gasteiger partial charge in [-0.05, 0) is 19.9 Å². The third-order valence-corrected chi connectivity index (χ3v) is 2.70. The van der Waals surface area contributed by atoms with E-state index in [1.807, 2.05) is 0 Å². The molecular weight excluding hydrogens is 264 g/mol. The molecule has 1 heterocycles. The Bertz CT molecular complexity index is 621. The minimum Gasteiger partial charge on any atom is -0.485 e. The number of ether oxygens (including phenoxy) is 1. The summed E-state index contributed by atoms with van der Waals surface area (Å²) < 4.78 is 10.5. The summed E-state index contributed by atoms with van der Waals surface area (Å²) in [6.07, 6.45) is -0.874. The number of nitro groups is 1. The van der Waals surface area contributed by atoms with Gasteiger partial charge < -0.3 is 14.4 Å². The van der Waals surface area contributed by atoms with Crippen molar-refractivity contribution in [3.63, 3.8) is 0 Å². The van der Waals surface area contributed by atoms with Gasteiger partial charge in [0.1, 0.15) is 12.4 Å². The van der Waals surface area contributed by atoms with Gasteiger partial charge in [-0.25, -0.2) is 0 Å². The first-order chi connectivity index (χ1) is 9.47. The Labute approximate surface area is 114 Å². The lowest BCUT2D eigenvalue weighted by Crippen LogP contribution is -2.01. The maximum atomic E-state index is 10.7. The molecule has 0 fully saturated rings. The highest BCUT2D eigenvalue weighted by Gasteiger charge is 2.16. The molecular formula is C13H14N2O5. The van der Waals surface area contributed by atoms with E-state index >= 15 is 0 Å². The average Bonchev–Trinajstić information content (AvgIpc) is 2.81. The highest BCUT2D eigenvalue weighted by Crippen LogP contribution is 2.29. The monoisotopic (exact) mass is 278 g/mol. The van der Waals surface area contributed by atoms with Gasteiger partial charge >= 0.3 is 0 Å². The van der Waals surface area contributed by atoms with E-state index < -0.39 is 11.0 Å². The van der Waals surface area contributed by atoms with Crippen LogP contribution in [0.5, 0.6) is 5.75 Å². The molecule has 1 aromatic carbocycles. The second-order valence-corrected chi connectivity index (χ2v) is 4.38. The zero-order valence-electron chi connectivity index (χ0n) is 11.1. The van der Waals surface area contributed by atoms with Crippen molar-refractivity contribution in [1.82, 2.24) is 5.16 Å². The summed E-state index contributed by atoms with van der Waals surface area (Å²) in [7, 11) is 0. The summed E-state index contributed by atoms with van der Waals surface area (Å²) in [5, 5.41) is 24.1. The number of rotatable bonds is 5. The first kappa shape index (κ1) is 14.0. The van der Waals surface area contributed by atoms with Crippen LogP contribution in [0.2, 0.25) is 0 Å². The summed E-state index contributed by atoms with van der Waals surface area (Å²) in [5.41, 5.74) is 1.00. The maximum absolute atomic E-state index is 10.7. The van der Waals surface area contributed by atoms with Gasteiger partial charge in [-0.15, -0.1) is 0 Å². The number of nitro benzene ring substituents is 1. The van der Waals surface area contributed by atoms with E-state index in [0.29, 0.717) is 17.1 Å². The molecule has 2 aromatic rings. The second kappa shape index (κ2) is 5.70. The van der Waals surface area contributed by atoms with Gasteiger partial charge in [-0.1, -0.05) is 5.16 Å². The summed E-state index contributed by atoms with van der Waals surface area (Å²) >= 11 is 0. The van der Waals surface area contributed by atoms with E-state index in [-0.39, 0.29) is 12.3 Å². The fourth-order valence-corrected chi connectivity index (χ4v) is 1.74. The highest BCUT2D eigenvalue weighted by atomic mass is 16.6. The van der Waals surface area contributed by atoms with Crippen molar-refractivity contribution in [2.75, 3.05) is 0 Å². The van der Waals surface area contributed by atoms with Crippen molar-refractivity contribution in [3.05, 3.63) is 51.4 Å². The Hall–Kier alpha value is -2.41. The number of hydrogen-bond acceptors (Lipinski definition) is 6. The molecule has 0 unspecified atom stereocenters. The largest absolute Gasteiger partial charge is 0.485 e. The predicted octanol–water partition coefficient (Wildman–Crippen LogP) is 2.52. The zero-order valence-corrected chi connectivity index (χ0v) is 11.1. The lowest BCUT2D eigenvalue weighted by Gasteiger charge is -2.12. The van der Waals surface area contributed by atoms with Gasteiger partial charge in [0.2, 0.25) is 0 Å². The molecule has 0 aliphatic heterocycles. The van der Waals surface area contributed by atoms with E-state index in [1.54, 1.807) is 13.0 Å². The maximum Gasteiger partial charge on any atom is 0.270 e. The standard InChI is InChI=1S/C13H14N2O5/c1-8-5-11(20-14-8)7-19-13-4-3-10(15(17)18)6-12(13)9(2)16/h3-6,9,16H,7H2,1-2H3/t9-/m0/s1. The smallest absolute Gasteiger partial charge is 0.270 e. The highest BCUT2D eigenvalue weighted by molar-refractivity contribution is 5.44. The van der Waals surface area contributed by atoms with E-state index in [4.69, 9.17) is 9.26 Å². The normalized spacial score (nSPS) is 12.2. The molecule has 0 bridgehead atoms. The average molecular weight is 278 g/mol. The van der Waals surface area contributed by atoms with Crippen LogP contribution in [0, 0.1) is 17.0 Å². The predicted molar refractivity (Wildman–Crippen MR) is 69.3 cm³/mol. The second-order valence-electron chi connectivity index (χ2n) is 4.38. The molecule has 0 amide bonds. The van der Waals surface area contributed by atoms with Crippen molar-refractivity contribution in [2.24, 2.45) is 0 Å². The zero-order chi connectivity index (χ0) is 14.7. The lowest BCUT2D eigenvalue weighted by molar-refractivity contribution is -0.385. The van der Waals surface area contributed by atoms with Gasteiger partial charge in [0, 0.05) is 23.8 Å². The Balaban J connectivity index is 2.20. The van der Waals surface area contributed by atoms with Crippen LogP contribution >= 0.6 is 0 Å². The topological polar surface area (TPSA) is 98.6 Å². The molecule has 1 atom stereocenters. The van der Waals surface area contributed by atoms with Gasteiger partial charge in [-0.2, -0.15) is 0 Å². The summed E-state index contributed by atoms with van der Waals surface area (Å²) in [4.78, 5) is 10.2. The molecule has 0 saturated heterocycles. The summed E-state index contributed by atoms with van der Waals surface area (Å²) in [6.45, 7) is 3.45. The molecule has 0 radical (unpaired) electrons. The van der Waals surface area contributed by atoms with Crippen LogP contribution in [0.25, 0.3) is 0 Å². The fourth-order valence-electron chi connectivity index (χ4n) is 1.74. The molecule has 20 heavy (non-hydrogen) atoms. The first-order valence-electron chi connectivity index (χ1n) is 5.99. The molecule has 0 aliphatic carbocycles. The first-order valence-corrected chi connectivity index (χ1v) is 5.99. The van der Waals surface area contributed by atoms with Crippen molar-refractivity contribution >= 4 is 5.69 Å². The van der Waals surface area contributed by atoms with E-state index in [9.17, 15) is 15.2 Å². The Morgan fingerprint density at radius 3 is 2.80 bits per heavy atom. The Kier molecular flexibility index (Phi) is 3.99.